The largest absolute Gasteiger partial charge is 0.367 e. The van der Waals surface area contributed by atoms with E-state index in [-0.39, 0.29) is 5.28 Å². The van der Waals surface area contributed by atoms with Crippen molar-refractivity contribution in [1.29, 1.82) is 0 Å². The monoisotopic (exact) mass is 386 g/mol. The first-order valence-corrected chi connectivity index (χ1v) is 8.12. The van der Waals surface area contributed by atoms with Crippen molar-refractivity contribution in [2.45, 2.75) is 0 Å². The number of hydrogen-bond acceptors (Lipinski definition) is 4. The van der Waals surface area contributed by atoms with Gasteiger partial charge in [-0.15, -0.1) is 0 Å². The van der Waals surface area contributed by atoms with E-state index >= 15 is 0 Å². The number of piperazine rings is 1. The molecule has 110 valence electrons. The predicted molar refractivity (Wildman–Crippen MR) is 90.6 cm³/mol. The molecular formula is C14H13BrCl2N4. The summed E-state index contributed by atoms with van der Waals surface area (Å²) in [6, 6.07) is 7.93. The molecule has 1 aliphatic rings. The van der Waals surface area contributed by atoms with Gasteiger partial charge >= 0.3 is 0 Å². The van der Waals surface area contributed by atoms with Crippen molar-refractivity contribution in [2.24, 2.45) is 0 Å². The molecule has 1 aromatic heterocycles. The molecule has 0 aliphatic carbocycles. The zero-order valence-corrected chi connectivity index (χ0v) is 14.2. The average molecular weight is 388 g/mol. The van der Waals surface area contributed by atoms with E-state index in [4.69, 9.17) is 23.2 Å². The minimum absolute atomic E-state index is 0.265. The number of halogens is 3. The quantitative estimate of drug-likeness (QED) is 0.732. The average Bonchev–Trinajstić information content (AvgIpc) is 2.50. The number of hydrogen-bond donors (Lipinski definition) is 0. The topological polar surface area (TPSA) is 32.3 Å². The van der Waals surface area contributed by atoms with Crippen LogP contribution in [0.3, 0.4) is 0 Å². The molecule has 0 saturated carbocycles. The minimum Gasteiger partial charge on any atom is -0.367 e. The van der Waals surface area contributed by atoms with Gasteiger partial charge in [-0.1, -0.05) is 23.7 Å². The highest BCUT2D eigenvalue weighted by Gasteiger charge is 2.21. The van der Waals surface area contributed by atoms with E-state index in [1.807, 2.05) is 18.2 Å². The second-order valence-electron chi connectivity index (χ2n) is 4.74. The van der Waals surface area contributed by atoms with E-state index in [1.165, 1.54) is 0 Å². The van der Waals surface area contributed by atoms with E-state index in [0.717, 1.165) is 47.2 Å². The molecule has 21 heavy (non-hydrogen) atoms. The molecular weight excluding hydrogens is 375 g/mol. The Morgan fingerprint density at radius 3 is 2.38 bits per heavy atom. The normalized spacial score (nSPS) is 15.4. The summed E-state index contributed by atoms with van der Waals surface area (Å²) in [5.74, 6) is 0.841. The Morgan fingerprint density at radius 1 is 1.00 bits per heavy atom. The Kier molecular flexibility index (Phi) is 4.52. The van der Waals surface area contributed by atoms with Gasteiger partial charge in [-0.2, -0.15) is 4.98 Å². The van der Waals surface area contributed by atoms with Crippen LogP contribution in [-0.4, -0.2) is 36.1 Å². The molecule has 3 rings (SSSR count). The lowest BCUT2D eigenvalue weighted by Crippen LogP contribution is -2.47. The number of nitrogens with zero attached hydrogens (tertiary/aromatic N) is 4. The fourth-order valence-electron chi connectivity index (χ4n) is 2.43. The maximum Gasteiger partial charge on any atom is 0.224 e. The lowest BCUT2D eigenvalue weighted by molar-refractivity contribution is 0.645. The SMILES string of the molecule is Clc1ncc(Br)c(N2CCN(c3ccccc3Cl)CC2)n1. The van der Waals surface area contributed by atoms with Crippen LogP contribution in [0.1, 0.15) is 0 Å². The van der Waals surface area contributed by atoms with Gasteiger partial charge in [-0.3, -0.25) is 0 Å². The molecule has 1 fully saturated rings. The lowest BCUT2D eigenvalue weighted by atomic mass is 10.2. The van der Waals surface area contributed by atoms with Gasteiger partial charge in [-0.05, 0) is 39.7 Å². The first-order chi connectivity index (χ1) is 10.1. The number of aromatic nitrogens is 2. The summed E-state index contributed by atoms with van der Waals surface area (Å²) in [7, 11) is 0. The van der Waals surface area contributed by atoms with Gasteiger partial charge in [-0.25, -0.2) is 4.98 Å². The molecule has 0 unspecified atom stereocenters. The molecule has 7 heteroatoms. The molecule has 2 heterocycles. The zero-order valence-electron chi connectivity index (χ0n) is 11.1. The highest BCUT2D eigenvalue weighted by Crippen LogP contribution is 2.29. The molecule has 0 amide bonds. The maximum absolute atomic E-state index is 6.26. The number of para-hydroxylation sites is 1. The van der Waals surface area contributed by atoms with Crippen LogP contribution in [0.5, 0.6) is 0 Å². The Morgan fingerprint density at radius 2 is 1.67 bits per heavy atom. The van der Waals surface area contributed by atoms with Gasteiger partial charge in [0.25, 0.3) is 0 Å². The molecule has 0 radical (unpaired) electrons. The van der Waals surface area contributed by atoms with Crippen molar-refractivity contribution in [1.82, 2.24) is 9.97 Å². The third-order valence-corrected chi connectivity index (χ3v) is 4.53. The van der Waals surface area contributed by atoms with Crippen LogP contribution >= 0.6 is 39.1 Å². The van der Waals surface area contributed by atoms with Gasteiger partial charge in [0.05, 0.1) is 15.2 Å². The summed E-state index contributed by atoms with van der Waals surface area (Å²) in [6.45, 7) is 3.49. The van der Waals surface area contributed by atoms with Crippen LogP contribution in [0.2, 0.25) is 10.3 Å². The van der Waals surface area contributed by atoms with Crippen molar-refractivity contribution in [3.63, 3.8) is 0 Å². The summed E-state index contributed by atoms with van der Waals surface area (Å²) in [5, 5.41) is 1.05. The van der Waals surface area contributed by atoms with Crippen molar-refractivity contribution >= 4 is 50.6 Å². The first kappa shape index (κ1) is 14.9. The van der Waals surface area contributed by atoms with Gasteiger partial charge in [0.2, 0.25) is 5.28 Å². The molecule has 1 saturated heterocycles. The molecule has 0 bridgehead atoms. The molecule has 0 atom stereocenters. The Labute approximate surface area is 141 Å². The van der Waals surface area contributed by atoms with Crippen LogP contribution in [0.15, 0.2) is 34.9 Å². The standard InChI is InChI=1S/C14H13BrCl2N4/c15-10-9-18-14(17)19-13(10)21-7-5-20(6-8-21)12-4-2-1-3-11(12)16/h1-4,9H,5-8H2. The highest BCUT2D eigenvalue weighted by atomic mass is 79.9. The van der Waals surface area contributed by atoms with Gasteiger partial charge in [0.1, 0.15) is 5.82 Å². The number of rotatable bonds is 2. The van der Waals surface area contributed by atoms with Crippen molar-refractivity contribution < 1.29 is 0 Å². The Hall–Kier alpha value is -1.04. The minimum atomic E-state index is 0.265. The van der Waals surface area contributed by atoms with Crippen molar-refractivity contribution in [2.75, 3.05) is 36.0 Å². The van der Waals surface area contributed by atoms with Crippen molar-refractivity contribution in [3.8, 4) is 0 Å². The van der Waals surface area contributed by atoms with Gasteiger partial charge < -0.3 is 9.80 Å². The fraction of sp³-hybridized carbons (Fsp3) is 0.286. The second kappa shape index (κ2) is 6.38. The van der Waals surface area contributed by atoms with Crippen LogP contribution in [0.4, 0.5) is 11.5 Å². The van der Waals surface area contributed by atoms with Crippen LogP contribution in [0.25, 0.3) is 0 Å². The van der Waals surface area contributed by atoms with Gasteiger partial charge in [0.15, 0.2) is 0 Å². The summed E-state index contributed by atoms with van der Waals surface area (Å²) in [6.07, 6.45) is 1.69. The first-order valence-electron chi connectivity index (χ1n) is 6.57. The summed E-state index contributed by atoms with van der Waals surface area (Å²) >= 11 is 15.6. The van der Waals surface area contributed by atoms with E-state index < -0.39 is 0 Å². The van der Waals surface area contributed by atoms with Crippen LogP contribution < -0.4 is 9.80 Å². The molecule has 4 nitrogen and oxygen atoms in total. The molecule has 1 aliphatic heterocycles. The molecule has 2 aromatic rings. The summed E-state index contributed by atoms with van der Waals surface area (Å²) < 4.78 is 0.859. The highest BCUT2D eigenvalue weighted by molar-refractivity contribution is 9.10. The van der Waals surface area contributed by atoms with E-state index in [9.17, 15) is 0 Å². The summed E-state index contributed by atoms with van der Waals surface area (Å²) in [4.78, 5) is 12.7. The zero-order chi connectivity index (χ0) is 14.8. The second-order valence-corrected chi connectivity index (χ2v) is 6.34. The van der Waals surface area contributed by atoms with Crippen LogP contribution in [0, 0.1) is 0 Å². The third-order valence-electron chi connectivity index (χ3n) is 3.47. The van der Waals surface area contributed by atoms with Crippen molar-refractivity contribution in [3.05, 3.63) is 45.2 Å². The number of benzene rings is 1. The maximum atomic E-state index is 6.26. The number of anilines is 2. The smallest absolute Gasteiger partial charge is 0.224 e. The molecule has 0 N–H and O–H groups in total. The Bertz CT molecular complexity index is 645. The fourth-order valence-corrected chi connectivity index (χ4v) is 3.25. The summed E-state index contributed by atoms with van der Waals surface area (Å²) in [5.41, 5.74) is 1.08. The molecule has 0 spiro atoms. The Balaban J connectivity index is 1.73. The molecule has 1 aromatic carbocycles. The predicted octanol–water partition coefficient (Wildman–Crippen LogP) is 3.87. The lowest BCUT2D eigenvalue weighted by Gasteiger charge is -2.37. The third kappa shape index (κ3) is 3.25. The van der Waals surface area contributed by atoms with Gasteiger partial charge in [0, 0.05) is 32.4 Å². The van der Waals surface area contributed by atoms with E-state index in [0.29, 0.717) is 0 Å². The van der Waals surface area contributed by atoms with Crippen LogP contribution in [-0.2, 0) is 0 Å². The van der Waals surface area contributed by atoms with E-state index in [2.05, 4.69) is 41.8 Å². The van der Waals surface area contributed by atoms with E-state index in [1.54, 1.807) is 6.20 Å².